The van der Waals surface area contributed by atoms with Crippen LogP contribution in [0.25, 0.3) is 12.2 Å². The highest BCUT2D eigenvalue weighted by molar-refractivity contribution is 5.87. The lowest BCUT2D eigenvalue weighted by molar-refractivity contribution is -0.136. The quantitative estimate of drug-likeness (QED) is 0.645. The number of esters is 1. The van der Waals surface area contributed by atoms with E-state index in [0.717, 1.165) is 22.3 Å². The summed E-state index contributed by atoms with van der Waals surface area (Å²) in [6.07, 6.45) is 6.56. The summed E-state index contributed by atoms with van der Waals surface area (Å²) in [6, 6.07) is 10.4. The van der Waals surface area contributed by atoms with Gasteiger partial charge in [-0.05, 0) is 72.5 Å². The van der Waals surface area contributed by atoms with E-state index in [4.69, 9.17) is 4.74 Å². The molecule has 0 aromatic heterocycles. The summed E-state index contributed by atoms with van der Waals surface area (Å²) >= 11 is 0. The van der Waals surface area contributed by atoms with E-state index >= 15 is 0 Å². The fourth-order valence-electron chi connectivity index (χ4n) is 2.09. The van der Waals surface area contributed by atoms with Gasteiger partial charge < -0.3 is 14.9 Å². The number of benzene rings is 2. The van der Waals surface area contributed by atoms with Crippen LogP contribution >= 0.6 is 0 Å². The molecular formula is C20H20O4. The fraction of sp³-hybridized carbons (Fsp3) is 0.150. The molecule has 0 atom stereocenters. The number of carbonyl (C=O) groups is 1. The molecule has 0 aliphatic carbocycles. The van der Waals surface area contributed by atoms with Gasteiger partial charge in [0.2, 0.25) is 0 Å². The van der Waals surface area contributed by atoms with Crippen LogP contribution in [0, 0.1) is 13.8 Å². The van der Waals surface area contributed by atoms with E-state index in [-0.39, 0.29) is 18.1 Å². The molecule has 124 valence electrons. The average molecular weight is 324 g/mol. The highest BCUT2D eigenvalue weighted by Crippen LogP contribution is 2.18. The second kappa shape index (κ2) is 8.02. The van der Waals surface area contributed by atoms with Crippen molar-refractivity contribution in [3.63, 3.8) is 0 Å². The Balaban J connectivity index is 1.84. The number of hydrogen-bond donors (Lipinski definition) is 2. The number of phenolic OH excluding ortho intramolecular Hbond substituents is 2. The largest absolute Gasteiger partial charge is 0.508 e. The van der Waals surface area contributed by atoms with Gasteiger partial charge in [0, 0.05) is 6.08 Å². The Morgan fingerprint density at radius 3 is 2.04 bits per heavy atom. The van der Waals surface area contributed by atoms with Gasteiger partial charge in [0.05, 0.1) is 0 Å². The Bertz CT molecular complexity index is 788. The summed E-state index contributed by atoms with van der Waals surface area (Å²) in [5, 5.41) is 18.9. The second-order valence-corrected chi connectivity index (χ2v) is 5.46. The molecule has 4 heteroatoms. The third-order valence-electron chi connectivity index (χ3n) is 3.49. The zero-order valence-corrected chi connectivity index (χ0v) is 13.7. The lowest BCUT2D eigenvalue weighted by atomic mass is 10.1. The molecule has 2 aromatic carbocycles. The van der Waals surface area contributed by atoms with E-state index in [1.807, 2.05) is 19.1 Å². The van der Waals surface area contributed by atoms with E-state index in [9.17, 15) is 15.0 Å². The molecule has 0 saturated heterocycles. The first-order valence-electron chi connectivity index (χ1n) is 7.56. The third-order valence-corrected chi connectivity index (χ3v) is 3.49. The smallest absolute Gasteiger partial charge is 0.331 e. The van der Waals surface area contributed by atoms with Crippen LogP contribution in [0.5, 0.6) is 11.5 Å². The molecule has 0 bridgehead atoms. The molecule has 0 radical (unpaired) electrons. The topological polar surface area (TPSA) is 66.8 Å². The van der Waals surface area contributed by atoms with Crippen LogP contribution in [0.15, 0.2) is 48.6 Å². The first-order chi connectivity index (χ1) is 11.5. The Labute approximate surface area is 141 Å². The van der Waals surface area contributed by atoms with Crippen LogP contribution in [0.1, 0.15) is 22.3 Å². The fourth-order valence-corrected chi connectivity index (χ4v) is 2.09. The Kier molecular flexibility index (Phi) is 5.79. The van der Waals surface area contributed by atoms with E-state index < -0.39 is 5.97 Å². The lowest BCUT2D eigenvalue weighted by Gasteiger charge is -2.01. The molecule has 2 aromatic rings. The molecule has 0 spiro atoms. The van der Waals surface area contributed by atoms with Crippen molar-refractivity contribution < 1.29 is 19.7 Å². The van der Waals surface area contributed by atoms with Crippen LogP contribution in [-0.2, 0) is 9.53 Å². The Morgan fingerprint density at radius 1 is 0.958 bits per heavy atom. The molecule has 0 heterocycles. The number of aryl methyl sites for hydroxylation is 2. The van der Waals surface area contributed by atoms with Crippen molar-refractivity contribution in [3.05, 3.63) is 70.8 Å². The van der Waals surface area contributed by atoms with Crippen LogP contribution in [0.3, 0.4) is 0 Å². The number of aromatic hydroxyl groups is 2. The zero-order valence-electron chi connectivity index (χ0n) is 13.7. The third kappa shape index (κ3) is 5.02. The Hall–Kier alpha value is -3.01. The molecule has 0 aliphatic heterocycles. The van der Waals surface area contributed by atoms with E-state index in [0.29, 0.717) is 0 Å². The van der Waals surface area contributed by atoms with Gasteiger partial charge in [0.25, 0.3) is 0 Å². The van der Waals surface area contributed by atoms with Gasteiger partial charge in [-0.3, -0.25) is 0 Å². The standard InChI is InChI=1S/C20H20O4/c1-14-12-16(5-8-18(14)21)4-3-11-24-20(23)10-7-17-6-9-19(22)15(2)13-17/h3-10,12-13,21-22H,11H2,1-2H3/b4-3+,10-7+. The molecule has 4 nitrogen and oxygen atoms in total. The van der Waals surface area contributed by atoms with Crippen LogP contribution in [-0.4, -0.2) is 22.8 Å². The second-order valence-electron chi connectivity index (χ2n) is 5.46. The summed E-state index contributed by atoms with van der Waals surface area (Å²) in [4.78, 5) is 11.7. The molecule has 0 aliphatic rings. The van der Waals surface area contributed by atoms with Crippen molar-refractivity contribution >= 4 is 18.1 Å². The summed E-state index contributed by atoms with van der Waals surface area (Å²) in [7, 11) is 0. The van der Waals surface area contributed by atoms with Crippen molar-refractivity contribution in [2.45, 2.75) is 13.8 Å². The normalized spacial score (nSPS) is 11.2. The minimum absolute atomic E-state index is 0.164. The number of hydrogen-bond acceptors (Lipinski definition) is 4. The SMILES string of the molecule is Cc1cc(/C=C/COC(=O)/C=C/c2ccc(O)c(C)c2)ccc1O. The van der Waals surface area contributed by atoms with Crippen LogP contribution in [0.2, 0.25) is 0 Å². The molecule has 2 N–H and O–H groups in total. The minimum Gasteiger partial charge on any atom is -0.508 e. The van der Waals surface area contributed by atoms with Gasteiger partial charge in [-0.1, -0.05) is 18.2 Å². The predicted molar refractivity (Wildman–Crippen MR) is 94.7 cm³/mol. The van der Waals surface area contributed by atoms with Gasteiger partial charge >= 0.3 is 5.97 Å². The minimum atomic E-state index is -0.438. The van der Waals surface area contributed by atoms with Crippen LogP contribution < -0.4 is 0 Å². The van der Waals surface area contributed by atoms with Crippen molar-refractivity contribution in [3.8, 4) is 11.5 Å². The maximum Gasteiger partial charge on any atom is 0.331 e. The number of carbonyl (C=O) groups excluding carboxylic acids is 1. The van der Waals surface area contributed by atoms with Gasteiger partial charge in [-0.25, -0.2) is 4.79 Å². The van der Waals surface area contributed by atoms with E-state index in [1.54, 1.807) is 49.4 Å². The molecule has 24 heavy (non-hydrogen) atoms. The highest BCUT2D eigenvalue weighted by Gasteiger charge is 1.98. The van der Waals surface area contributed by atoms with E-state index in [2.05, 4.69) is 0 Å². The lowest BCUT2D eigenvalue weighted by Crippen LogP contribution is -1.99. The highest BCUT2D eigenvalue weighted by atomic mass is 16.5. The van der Waals surface area contributed by atoms with Gasteiger partial charge in [0.15, 0.2) is 0 Å². The molecule has 0 unspecified atom stereocenters. The molecule has 0 amide bonds. The Morgan fingerprint density at radius 2 is 1.50 bits per heavy atom. The number of ether oxygens (including phenoxy) is 1. The van der Waals surface area contributed by atoms with E-state index in [1.165, 1.54) is 6.08 Å². The zero-order chi connectivity index (χ0) is 17.5. The first kappa shape index (κ1) is 17.3. The monoisotopic (exact) mass is 324 g/mol. The van der Waals surface area contributed by atoms with Crippen molar-refractivity contribution in [1.82, 2.24) is 0 Å². The van der Waals surface area contributed by atoms with Crippen molar-refractivity contribution in [1.29, 1.82) is 0 Å². The predicted octanol–water partition coefficient (Wildman–Crippen LogP) is 3.98. The summed E-state index contributed by atoms with van der Waals surface area (Å²) in [5.41, 5.74) is 3.28. The molecule has 0 saturated carbocycles. The number of rotatable bonds is 5. The summed E-state index contributed by atoms with van der Waals surface area (Å²) < 4.78 is 5.08. The van der Waals surface area contributed by atoms with Crippen molar-refractivity contribution in [2.75, 3.05) is 6.61 Å². The summed E-state index contributed by atoms with van der Waals surface area (Å²) in [6.45, 7) is 3.78. The maximum atomic E-state index is 11.7. The molecule has 0 fully saturated rings. The molecular weight excluding hydrogens is 304 g/mol. The van der Waals surface area contributed by atoms with Crippen molar-refractivity contribution in [2.24, 2.45) is 0 Å². The van der Waals surface area contributed by atoms with Crippen LogP contribution in [0.4, 0.5) is 0 Å². The number of phenols is 2. The maximum absolute atomic E-state index is 11.7. The first-order valence-corrected chi connectivity index (χ1v) is 7.56. The summed E-state index contributed by atoms with van der Waals surface area (Å²) in [5.74, 6) is 0.0461. The van der Waals surface area contributed by atoms with Gasteiger partial charge in [-0.2, -0.15) is 0 Å². The van der Waals surface area contributed by atoms with Gasteiger partial charge in [-0.15, -0.1) is 0 Å². The average Bonchev–Trinajstić information content (AvgIpc) is 2.56. The molecule has 2 rings (SSSR count). The van der Waals surface area contributed by atoms with Gasteiger partial charge in [0.1, 0.15) is 18.1 Å².